The fourth-order valence-corrected chi connectivity index (χ4v) is 2.92. The molecule has 22 heavy (non-hydrogen) atoms. The molecular weight excluding hydrogens is 270 g/mol. The van der Waals surface area contributed by atoms with Gasteiger partial charge < -0.3 is 5.11 Å². The minimum Gasteiger partial charge on any atom is -0.507 e. The summed E-state index contributed by atoms with van der Waals surface area (Å²) in [5.74, 6) is 0.255. The van der Waals surface area contributed by atoms with Crippen molar-refractivity contribution in [3.8, 4) is 5.75 Å². The lowest BCUT2D eigenvalue weighted by molar-refractivity contribution is 0.475. The van der Waals surface area contributed by atoms with Gasteiger partial charge in [-0.05, 0) is 48.7 Å². The number of nitrogens with zero attached hydrogens (tertiary/aromatic N) is 1. The molecule has 2 nitrogen and oxygen atoms in total. The number of hydrogen-bond donors (Lipinski definition) is 1. The third-order valence-electron chi connectivity index (χ3n) is 3.91. The topological polar surface area (TPSA) is 32.6 Å². The van der Waals surface area contributed by atoms with Crippen molar-refractivity contribution in [2.75, 3.05) is 0 Å². The van der Waals surface area contributed by atoms with E-state index in [1.54, 1.807) is 12.3 Å². The Morgan fingerprint density at radius 1 is 0.909 bits per heavy atom. The Kier molecular flexibility index (Phi) is 3.68. The molecule has 3 rings (SSSR count). The van der Waals surface area contributed by atoms with Gasteiger partial charge in [0.15, 0.2) is 0 Å². The molecule has 0 heterocycles. The molecule has 3 aromatic carbocycles. The van der Waals surface area contributed by atoms with Gasteiger partial charge in [-0.3, -0.25) is 4.99 Å². The minimum atomic E-state index is 0.255. The van der Waals surface area contributed by atoms with Crippen LogP contribution in [0.15, 0.2) is 53.5 Å². The number of rotatable bonds is 2. The van der Waals surface area contributed by atoms with E-state index >= 15 is 0 Å². The SMILES string of the molecule is Cc1cc(C)c(N=Cc2c(O)ccc3ccccc23)c(C)c1. The summed E-state index contributed by atoms with van der Waals surface area (Å²) in [5, 5.41) is 12.3. The average Bonchev–Trinajstić information content (AvgIpc) is 2.48. The molecule has 0 aliphatic heterocycles. The quantitative estimate of drug-likeness (QED) is 0.644. The molecule has 0 amide bonds. The van der Waals surface area contributed by atoms with Crippen LogP contribution in [0.5, 0.6) is 5.75 Å². The molecule has 0 aromatic heterocycles. The van der Waals surface area contributed by atoms with Gasteiger partial charge in [0, 0.05) is 11.8 Å². The predicted octanol–water partition coefficient (Wildman–Crippen LogP) is 5.22. The molecule has 2 heteroatoms. The van der Waals surface area contributed by atoms with Crippen molar-refractivity contribution < 1.29 is 5.11 Å². The lowest BCUT2D eigenvalue weighted by Crippen LogP contribution is -1.88. The summed E-state index contributed by atoms with van der Waals surface area (Å²) >= 11 is 0. The monoisotopic (exact) mass is 289 g/mol. The van der Waals surface area contributed by atoms with Crippen LogP contribution in [0.4, 0.5) is 5.69 Å². The number of aryl methyl sites for hydroxylation is 3. The van der Waals surface area contributed by atoms with Crippen LogP contribution in [0, 0.1) is 20.8 Å². The molecule has 3 aromatic rings. The van der Waals surface area contributed by atoms with E-state index in [-0.39, 0.29) is 5.75 Å². The summed E-state index contributed by atoms with van der Waals surface area (Å²) in [6.45, 7) is 6.22. The normalized spacial score (nSPS) is 11.4. The Bertz CT molecular complexity index is 855. The van der Waals surface area contributed by atoms with Crippen LogP contribution in [0.2, 0.25) is 0 Å². The van der Waals surface area contributed by atoms with E-state index in [9.17, 15) is 5.11 Å². The van der Waals surface area contributed by atoms with Crippen molar-refractivity contribution in [3.05, 3.63) is 70.8 Å². The summed E-state index contributed by atoms with van der Waals surface area (Å²) < 4.78 is 0. The molecule has 110 valence electrons. The lowest BCUT2D eigenvalue weighted by Gasteiger charge is -2.08. The van der Waals surface area contributed by atoms with Gasteiger partial charge in [0.2, 0.25) is 0 Å². The molecule has 0 bridgehead atoms. The Balaban J connectivity index is 2.13. The smallest absolute Gasteiger partial charge is 0.124 e. The van der Waals surface area contributed by atoms with Gasteiger partial charge in [-0.2, -0.15) is 0 Å². The molecule has 0 atom stereocenters. The van der Waals surface area contributed by atoms with Crippen LogP contribution in [0.3, 0.4) is 0 Å². The summed E-state index contributed by atoms with van der Waals surface area (Å²) in [6.07, 6.45) is 1.77. The summed E-state index contributed by atoms with van der Waals surface area (Å²) in [4.78, 5) is 4.64. The number of phenolic OH excluding ortho intramolecular Hbond substituents is 1. The van der Waals surface area contributed by atoms with Gasteiger partial charge in [0.05, 0.1) is 5.69 Å². The Hall–Kier alpha value is -2.61. The molecule has 0 spiro atoms. The van der Waals surface area contributed by atoms with E-state index in [4.69, 9.17) is 0 Å². The second-order valence-electron chi connectivity index (χ2n) is 5.73. The van der Waals surface area contributed by atoms with Crippen molar-refractivity contribution in [2.24, 2.45) is 4.99 Å². The predicted molar refractivity (Wildman–Crippen MR) is 93.5 cm³/mol. The van der Waals surface area contributed by atoms with Gasteiger partial charge in [0.25, 0.3) is 0 Å². The van der Waals surface area contributed by atoms with E-state index in [0.717, 1.165) is 33.2 Å². The third-order valence-corrected chi connectivity index (χ3v) is 3.91. The van der Waals surface area contributed by atoms with Crippen molar-refractivity contribution in [1.82, 2.24) is 0 Å². The molecule has 0 fully saturated rings. The van der Waals surface area contributed by atoms with E-state index in [2.05, 4.69) is 37.9 Å². The summed E-state index contributed by atoms with van der Waals surface area (Å²) in [5.41, 5.74) is 5.26. The maximum atomic E-state index is 10.2. The molecule has 0 radical (unpaired) electrons. The highest BCUT2D eigenvalue weighted by molar-refractivity contribution is 6.03. The average molecular weight is 289 g/mol. The first-order valence-electron chi connectivity index (χ1n) is 7.39. The Morgan fingerprint density at radius 3 is 2.32 bits per heavy atom. The van der Waals surface area contributed by atoms with E-state index in [1.807, 2.05) is 30.3 Å². The highest BCUT2D eigenvalue weighted by atomic mass is 16.3. The van der Waals surface area contributed by atoms with Crippen molar-refractivity contribution in [2.45, 2.75) is 20.8 Å². The number of benzene rings is 3. The highest BCUT2D eigenvalue weighted by Crippen LogP contribution is 2.28. The maximum Gasteiger partial charge on any atom is 0.124 e. The van der Waals surface area contributed by atoms with Crippen molar-refractivity contribution in [3.63, 3.8) is 0 Å². The molecule has 0 saturated carbocycles. The first-order valence-corrected chi connectivity index (χ1v) is 7.39. The standard InChI is InChI=1S/C20H19NO/c1-13-10-14(2)20(15(3)11-13)21-12-18-17-7-5-4-6-16(17)8-9-19(18)22/h4-12,22H,1-3H3. The van der Waals surface area contributed by atoms with Crippen LogP contribution in [0.25, 0.3) is 10.8 Å². The van der Waals surface area contributed by atoms with Crippen LogP contribution in [0.1, 0.15) is 22.3 Å². The second kappa shape index (κ2) is 5.64. The van der Waals surface area contributed by atoms with Crippen molar-refractivity contribution in [1.29, 1.82) is 0 Å². The van der Waals surface area contributed by atoms with Gasteiger partial charge >= 0.3 is 0 Å². The Morgan fingerprint density at radius 2 is 1.59 bits per heavy atom. The molecule has 0 saturated heterocycles. The summed E-state index contributed by atoms with van der Waals surface area (Å²) in [7, 11) is 0. The van der Waals surface area contributed by atoms with E-state index < -0.39 is 0 Å². The van der Waals surface area contributed by atoms with Crippen molar-refractivity contribution >= 4 is 22.7 Å². The fraction of sp³-hybridized carbons (Fsp3) is 0.150. The van der Waals surface area contributed by atoms with Crippen LogP contribution in [-0.2, 0) is 0 Å². The van der Waals surface area contributed by atoms with Gasteiger partial charge in [0.1, 0.15) is 5.75 Å². The Labute approximate surface area is 130 Å². The van der Waals surface area contributed by atoms with Gasteiger partial charge in [-0.15, -0.1) is 0 Å². The number of hydrogen-bond acceptors (Lipinski definition) is 2. The van der Waals surface area contributed by atoms with Crippen LogP contribution >= 0.6 is 0 Å². The number of fused-ring (bicyclic) bond motifs is 1. The van der Waals surface area contributed by atoms with Crippen LogP contribution < -0.4 is 0 Å². The maximum absolute atomic E-state index is 10.2. The third kappa shape index (κ3) is 2.60. The second-order valence-corrected chi connectivity index (χ2v) is 5.73. The number of phenols is 1. The van der Waals surface area contributed by atoms with Gasteiger partial charge in [-0.1, -0.05) is 48.0 Å². The van der Waals surface area contributed by atoms with E-state index in [1.165, 1.54) is 5.56 Å². The molecule has 0 aliphatic rings. The zero-order valence-corrected chi connectivity index (χ0v) is 13.1. The highest BCUT2D eigenvalue weighted by Gasteiger charge is 2.06. The zero-order chi connectivity index (χ0) is 15.7. The lowest BCUT2D eigenvalue weighted by atomic mass is 10.0. The number of aromatic hydroxyl groups is 1. The number of aliphatic imine (C=N–C) groups is 1. The molecule has 0 unspecified atom stereocenters. The first kappa shape index (κ1) is 14.3. The largest absolute Gasteiger partial charge is 0.507 e. The fourth-order valence-electron chi connectivity index (χ4n) is 2.92. The zero-order valence-electron chi connectivity index (χ0n) is 13.1. The minimum absolute atomic E-state index is 0.255. The molecule has 1 N–H and O–H groups in total. The molecule has 0 aliphatic carbocycles. The first-order chi connectivity index (χ1) is 10.6. The van der Waals surface area contributed by atoms with E-state index in [0.29, 0.717) is 0 Å². The molecular formula is C20H19NO. The van der Waals surface area contributed by atoms with Gasteiger partial charge in [-0.25, -0.2) is 0 Å². The summed E-state index contributed by atoms with van der Waals surface area (Å²) in [6, 6.07) is 15.9. The van der Waals surface area contributed by atoms with Crippen LogP contribution in [-0.4, -0.2) is 11.3 Å².